The number of pyridine rings is 1. The van der Waals surface area contributed by atoms with Gasteiger partial charge in [0.25, 0.3) is 0 Å². The van der Waals surface area contributed by atoms with Crippen molar-refractivity contribution >= 4 is 34.6 Å². The van der Waals surface area contributed by atoms with Crippen LogP contribution < -0.4 is 10.6 Å². The fourth-order valence-corrected chi connectivity index (χ4v) is 4.53. The van der Waals surface area contributed by atoms with Crippen molar-refractivity contribution in [3.05, 3.63) is 75.6 Å². The Morgan fingerprint density at radius 2 is 2.19 bits per heavy atom. The molecule has 4 rings (SSSR count). The zero-order valence-corrected chi connectivity index (χ0v) is 17.5. The van der Waals surface area contributed by atoms with Gasteiger partial charge in [-0.15, -0.1) is 0 Å². The standard InChI is InChI=1S/C22H21N3O5S/c1-2-30-16-9-14(8-15(20(16)26)21(27)28)19-17(13-5-7-31-11-13)18(24-22(29)25-19)12-4-3-6-23-10-12/h3-7,9-11,14,19,26H,2,8H2,1H3,(H,27,28)(H2,24,25,29)/t14?,19-/m0/s1. The summed E-state index contributed by atoms with van der Waals surface area (Å²) in [5.41, 5.74) is 2.93. The molecule has 8 nitrogen and oxygen atoms in total. The molecule has 1 aliphatic heterocycles. The maximum atomic E-state index is 12.6. The number of aliphatic hydroxyl groups is 1. The van der Waals surface area contributed by atoms with Crippen LogP contribution in [0.15, 0.2) is 64.5 Å². The lowest BCUT2D eigenvalue weighted by molar-refractivity contribution is -0.133. The molecule has 2 aliphatic rings. The van der Waals surface area contributed by atoms with Gasteiger partial charge in [0, 0.05) is 29.4 Å². The largest absolute Gasteiger partial charge is 0.504 e. The van der Waals surface area contributed by atoms with Crippen molar-refractivity contribution in [3.63, 3.8) is 0 Å². The molecule has 4 N–H and O–H groups in total. The number of carbonyl (C=O) groups is 2. The van der Waals surface area contributed by atoms with Crippen molar-refractivity contribution in [1.82, 2.24) is 15.6 Å². The molecular formula is C22H21N3O5S. The van der Waals surface area contributed by atoms with E-state index >= 15 is 0 Å². The second kappa shape index (κ2) is 8.65. The molecule has 0 spiro atoms. The van der Waals surface area contributed by atoms with Crippen molar-refractivity contribution in [1.29, 1.82) is 0 Å². The van der Waals surface area contributed by atoms with E-state index < -0.39 is 24.0 Å². The SMILES string of the molecule is CCOC1=CC([C@@H]2NC(=O)NC(c3cccnc3)=C2c2ccsc2)CC(C(=O)O)=C1O. The number of carbonyl (C=O) groups excluding carboxylic acids is 1. The van der Waals surface area contributed by atoms with E-state index in [1.165, 1.54) is 11.3 Å². The van der Waals surface area contributed by atoms with Gasteiger partial charge in [0.1, 0.15) is 0 Å². The summed E-state index contributed by atoms with van der Waals surface area (Å²) < 4.78 is 5.50. The topological polar surface area (TPSA) is 121 Å². The fraction of sp³-hybridized carbons (Fsp3) is 0.227. The summed E-state index contributed by atoms with van der Waals surface area (Å²) in [5, 5.41) is 29.7. The second-order valence-electron chi connectivity index (χ2n) is 7.08. The van der Waals surface area contributed by atoms with Gasteiger partial charge in [-0.3, -0.25) is 4.98 Å². The van der Waals surface area contributed by atoms with Gasteiger partial charge in [0.2, 0.25) is 0 Å². The minimum absolute atomic E-state index is 0.0383. The molecule has 3 heterocycles. The number of thiophene rings is 1. The van der Waals surface area contributed by atoms with E-state index in [2.05, 4.69) is 15.6 Å². The Morgan fingerprint density at radius 3 is 2.84 bits per heavy atom. The van der Waals surface area contributed by atoms with Gasteiger partial charge >= 0.3 is 12.0 Å². The van der Waals surface area contributed by atoms with Gasteiger partial charge in [0.05, 0.1) is 23.9 Å². The van der Waals surface area contributed by atoms with Crippen LogP contribution in [0.2, 0.25) is 0 Å². The first-order valence-electron chi connectivity index (χ1n) is 9.74. The molecular weight excluding hydrogens is 418 g/mol. The van der Waals surface area contributed by atoms with E-state index in [0.29, 0.717) is 5.70 Å². The van der Waals surface area contributed by atoms with Gasteiger partial charge < -0.3 is 25.6 Å². The van der Waals surface area contributed by atoms with Crippen LogP contribution >= 0.6 is 11.3 Å². The Labute approximate surface area is 182 Å². The quantitative estimate of drug-likeness (QED) is 0.546. The third kappa shape index (κ3) is 4.04. The number of hydrogen-bond donors (Lipinski definition) is 4. The molecule has 2 amide bonds. The second-order valence-corrected chi connectivity index (χ2v) is 7.86. The third-order valence-electron chi connectivity index (χ3n) is 5.20. The molecule has 2 aromatic rings. The molecule has 0 radical (unpaired) electrons. The minimum atomic E-state index is -1.22. The molecule has 0 bridgehead atoms. The van der Waals surface area contributed by atoms with Gasteiger partial charge in [-0.25, -0.2) is 9.59 Å². The lowest BCUT2D eigenvalue weighted by Crippen LogP contribution is -2.50. The van der Waals surface area contributed by atoms with Gasteiger partial charge in [-0.2, -0.15) is 11.3 Å². The summed E-state index contributed by atoms with van der Waals surface area (Å²) in [6, 6.07) is 4.65. The maximum absolute atomic E-state index is 12.6. The number of rotatable bonds is 6. The van der Waals surface area contributed by atoms with Crippen LogP contribution in [0.5, 0.6) is 0 Å². The maximum Gasteiger partial charge on any atom is 0.335 e. The Bertz CT molecular complexity index is 1090. The summed E-state index contributed by atoms with van der Waals surface area (Å²) in [7, 11) is 0. The van der Waals surface area contributed by atoms with Crippen LogP contribution in [0.1, 0.15) is 24.5 Å². The van der Waals surface area contributed by atoms with Crippen molar-refractivity contribution in [2.24, 2.45) is 5.92 Å². The van der Waals surface area contributed by atoms with Crippen LogP contribution in [0.3, 0.4) is 0 Å². The van der Waals surface area contributed by atoms with Gasteiger partial charge in [0.15, 0.2) is 11.5 Å². The van der Waals surface area contributed by atoms with Crippen molar-refractivity contribution in [2.75, 3.05) is 6.61 Å². The molecule has 0 saturated heterocycles. The zero-order valence-electron chi connectivity index (χ0n) is 16.7. The fourth-order valence-electron chi connectivity index (χ4n) is 3.87. The molecule has 1 aliphatic carbocycles. The molecule has 31 heavy (non-hydrogen) atoms. The number of amides is 2. The van der Waals surface area contributed by atoms with E-state index in [1.54, 1.807) is 31.5 Å². The third-order valence-corrected chi connectivity index (χ3v) is 5.88. The summed E-state index contributed by atoms with van der Waals surface area (Å²) in [4.78, 5) is 28.5. The normalized spacial score (nSPS) is 21.3. The van der Waals surface area contributed by atoms with Crippen LogP contribution in [-0.4, -0.2) is 39.8 Å². The van der Waals surface area contributed by atoms with E-state index in [1.807, 2.05) is 22.9 Å². The predicted molar refractivity (Wildman–Crippen MR) is 116 cm³/mol. The number of aliphatic hydroxyl groups excluding tert-OH is 1. The first-order valence-corrected chi connectivity index (χ1v) is 10.7. The lowest BCUT2D eigenvalue weighted by atomic mass is 9.80. The highest BCUT2D eigenvalue weighted by molar-refractivity contribution is 7.08. The van der Waals surface area contributed by atoms with Gasteiger partial charge in [-0.05, 0) is 53.9 Å². The van der Waals surface area contributed by atoms with Crippen molar-refractivity contribution < 1.29 is 24.5 Å². The van der Waals surface area contributed by atoms with Crippen LogP contribution in [0.25, 0.3) is 11.3 Å². The molecule has 0 aromatic carbocycles. The number of hydrogen-bond acceptors (Lipinski definition) is 6. The smallest absolute Gasteiger partial charge is 0.335 e. The number of carboxylic acids is 1. The highest BCUT2D eigenvalue weighted by atomic mass is 32.1. The Balaban J connectivity index is 1.86. The van der Waals surface area contributed by atoms with E-state index in [9.17, 15) is 19.8 Å². The molecule has 0 saturated carbocycles. The summed E-state index contributed by atoms with van der Waals surface area (Å²) in [6.45, 7) is 2.02. The van der Waals surface area contributed by atoms with E-state index in [4.69, 9.17) is 4.74 Å². The zero-order chi connectivity index (χ0) is 22.0. The first-order chi connectivity index (χ1) is 15.0. The molecule has 9 heteroatoms. The summed E-state index contributed by atoms with van der Waals surface area (Å²) in [5.74, 6) is -1.94. The van der Waals surface area contributed by atoms with Crippen molar-refractivity contribution in [2.45, 2.75) is 19.4 Å². The summed E-state index contributed by atoms with van der Waals surface area (Å²) >= 11 is 1.52. The Hall–Kier alpha value is -3.59. The monoisotopic (exact) mass is 439 g/mol. The number of aliphatic carboxylic acids is 1. The van der Waals surface area contributed by atoms with Crippen LogP contribution in [0.4, 0.5) is 4.79 Å². The highest BCUT2D eigenvalue weighted by Gasteiger charge is 2.38. The minimum Gasteiger partial charge on any atom is -0.504 e. The summed E-state index contributed by atoms with van der Waals surface area (Å²) in [6.07, 6.45) is 5.05. The number of urea groups is 1. The Morgan fingerprint density at radius 1 is 1.35 bits per heavy atom. The number of nitrogens with one attached hydrogen (secondary N) is 2. The molecule has 160 valence electrons. The predicted octanol–water partition coefficient (Wildman–Crippen LogP) is 3.53. The number of carboxylic acid groups (broad SMARTS) is 1. The number of nitrogens with zero attached hydrogens (tertiary/aromatic N) is 1. The molecule has 1 unspecified atom stereocenters. The van der Waals surface area contributed by atoms with Gasteiger partial charge in [-0.1, -0.05) is 0 Å². The van der Waals surface area contributed by atoms with Crippen LogP contribution in [0, 0.1) is 5.92 Å². The number of ether oxygens (including phenoxy) is 1. The average molecular weight is 439 g/mol. The molecule has 2 atom stereocenters. The average Bonchev–Trinajstić information content (AvgIpc) is 3.29. The highest BCUT2D eigenvalue weighted by Crippen LogP contribution is 2.39. The molecule has 0 fully saturated rings. The number of aromatic nitrogens is 1. The lowest BCUT2D eigenvalue weighted by Gasteiger charge is -2.36. The van der Waals surface area contributed by atoms with Crippen LogP contribution in [-0.2, 0) is 9.53 Å². The van der Waals surface area contributed by atoms with Crippen molar-refractivity contribution in [3.8, 4) is 0 Å². The Kier molecular flexibility index (Phi) is 5.77. The van der Waals surface area contributed by atoms with E-state index in [0.717, 1.165) is 16.7 Å². The first kappa shape index (κ1) is 20.7. The molecule has 2 aromatic heterocycles. The van der Waals surface area contributed by atoms with E-state index in [-0.39, 0.29) is 30.1 Å².